The number of aromatic nitrogens is 1. The molecule has 1 heterocycles. The van der Waals surface area contributed by atoms with Gasteiger partial charge in [-0.1, -0.05) is 17.7 Å². The van der Waals surface area contributed by atoms with E-state index >= 15 is 0 Å². The van der Waals surface area contributed by atoms with Gasteiger partial charge in [0.2, 0.25) is 5.88 Å². The molecule has 0 aliphatic rings. The maximum atomic E-state index is 12.1. The summed E-state index contributed by atoms with van der Waals surface area (Å²) in [5.74, 6) is 0.0883. The molecule has 98 valence electrons. The summed E-state index contributed by atoms with van der Waals surface area (Å²) >= 11 is 5.96. The highest BCUT2D eigenvalue weighted by atomic mass is 35.5. The lowest BCUT2D eigenvalue weighted by Gasteiger charge is -2.09. The molecule has 0 radical (unpaired) electrons. The highest BCUT2D eigenvalue weighted by Gasteiger charge is 2.14. The van der Waals surface area contributed by atoms with Gasteiger partial charge < -0.3 is 15.8 Å². The average Bonchev–Trinajstić information content (AvgIpc) is 2.39. The second kappa shape index (κ2) is 5.58. The number of nitrogens with two attached hydrogens (primary N) is 1. The van der Waals surface area contributed by atoms with Crippen molar-refractivity contribution in [3.8, 4) is 5.88 Å². The van der Waals surface area contributed by atoms with E-state index in [0.717, 1.165) is 0 Å². The van der Waals surface area contributed by atoms with Crippen LogP contribution in [0.15, 0.2) is 36.5 Å². The zero-order valence-corrected chi connectivity index (χ0v) is 10.9. The number of nitrogens with zero attached hydrogens (tertiary/aromatic N) is 1. The summed E-state index contributed by atoms with van der Waals surface area (Å²) in [5.41, 5.74) is 6.85. The number of halogens is 1. The first kappa shape index (κ1) is 13.2. The van der Waals surface area contributed by atoms with Crippen molar-refractivity contribution >= 4 is 28.9 Å². The summed E-state index contributed by atoms with van der Waals surface area (Å²) in [4.78, 5) is 16.1. The third-order valence-corrected chi connectivity index (χ3v) is 2.79. The van der Waals surface area contributed by atoms with E-state index in [-0.39, 0.29) is 11.5 Å². The average molecular weight is 278 g/mol. The third-order valence-electron chi connectivity index (χ3n) is 2.48. The van der Waals surface area contributed by atoms with Crippen LogP contribution in [0.4, 0.5) is 11.4 Å². The molecule has 0 saturated carbocycles. The van der Waals surface area contributed by atoms with Gasteiger partial charge in [0.15, 0.2) is 0 Å². The van der Waals surface area contributed by atoms with Crippen LogP contribution in [0, 0.1) is 0 Å². The predicted molar refractivity (Wildman–Crippen MR) is 74.6 cm³/mol. The fourth-order valence-electron chi connectivity index (χ4n) is 1.55. The molecule has 0 atom stereocenters. The van der Waals surface area contributed by atoms with E-state index in [1.54, 1.807) is 30.3 Å². The summed E-state index contributed by atoms with van der Waals surface area (Å²) in [6.07, 6.45) is 1.49. The number of ether oxygens (including phenoxy) is 1. The van der Waals surface area contributed by atoms with Gasteiger partial charge in [-0.15, -0.1) is 0 Å². The molecule has 0 aliphatic heterocycles. The van der Waals surface area contributed by atoms with Crippen LogP contribution in [-0.4, -0.2) is 18.0 Å². The minimum absolute atomic E-state index is 0.250. The van der Waals surface area contributed by atoms with Gasteiger partial charge in [-0.05, 0) is 18.2 Å². The van der Waals surface area contributed by atoms with Gasteiger partial charge in [-0.2, -0.15) is 0 Å². The summed E-state index contributed by atoms with van der Waals surface area (Å²) in [5, 5.41) is 2.97. The fraction of sp³-hybridized carbons (Fsp3) is 0.0769. The van der Waals surface area contributed by atoms with Crippen molar-refractivity contribution < 1.29 is 9.53 Å². The van der Waals surface area contributed by atoms with Crippen molar-refractivity contribution in [1.29, 1.82) is 0 Å². The maximum absolute atomic E-state index is 12.1. The highest BCUT2D eigenvalue weighted by molar-refractivity contribution is 6.35. The van der Waals surface area contributed by atoms with Crippen LogP contribution in [-0.2, 0) is 0 Å². The Morgan fingerprint density at radius 2 is 2.16 bits per heavy atom. The minimum atomic E-state index is -0.380. The quantitative estimate of drug-likeness (QED) is 0.846. The first-order chi connectivity index (χ1) is 9.11. The molecule has 0 aliphatic carbocycles. The van der Waals surface area contributed by atoms with E-state index in [1.807, 2.05) is 0 Å². The Balaban J connectivity index is 2.21. The van der Waals surface area contributed by atoms with Crippen molar-refractivity contribution in [2.75, 3.05) is 18.2 Å². The Kier molecular flexibility index (Phi) is 3.87. The zero-order chi connectivity index (χ0) is 13.8. The first-order valence-electron chi connectivity index (χ1n) is 5.47. The molecule has 5 nitrogen and oxygen atoms in total. The number of pyridine rings is 1. The Morgan fingerprint density at radius 3 is 2.74 bits per heavy atom. The maximum Gasteiger partial charge on any atom is 0.259 e. The number of nitrogens with one attached hydrogen (secondary N) is 1. The van der Waals surface area contributed by atoms with Crippen LogP contribution < -0.4 is 15.8 Å². The number of methoxy groups -OCH3 is 1. The molecule has 19 heavy (non-hydrogen) atoms. The summed E-state index contributed by atoms with van der Waals surface area (Å²) < 4.78 is 4.93. The zero-order valence-electron chi connectivity index (χ0n) is 10.2. The monoisotopic (exact) mass is 277 g/mol. The van der Waals surface area contributed by atoms with E-state index in [2.05, 4.69) is 10.3 Å². The molecular formula is C13H12ClN3O2. The standard InChI is InChI=1S/C13H12ClN3O2/c1-19-11-6-5-8(7-16-11)17-13(18)12-9(14)3-2-4-10(12)15/h2-7H,15H2,1H3,(H,17,18). The Hall–Kier alpha value is -2.27. The van der Waals surface area contributed by atoms with Gasteiger partial charge >= 0.3 is 0 Å². The number of carbonyl (C=O) groups is 1. The van der Waals surface area contributed by atoms with Crippen LogP contribution in [0.25, 0.3) is 0 Å². The van der Waals surface area contributed by atoms with Crippen LogP contribution in [0.2, 0.25) is 5.02 Å². The molecule has 0 spiro atoms. The van der Waals surface area contributed by atoms with Gasteiger partial charge in [0.05, 0.1) is 29.6 Å². The number of hydrogen-bond acceptors (Lipinski definition) is 4. The lowest BCUT2D eigenvalue weighted by molar-refractivity contribution is 0.102. The van der Waals surface area contributed by atoms with E-state index in [0.29, 0.717) is 22.3 Å². The smallest absolute Gasteiger partial charge is 0.259 e. The largest absolute Gasteiger partial charge is 0.481 e. The lowest BCUT2D eigenvalue weighted by Crippen LogP contribution is -2.14. The van der Waals surface area contributed by atoms with Gasteiger partial charge in [-0.25, -0.2) is 4.98 Å². The Labute approximate surface area is 115 Å². The molecule has 0 saturated heterocycles. The third kappa shape index (κ3) is 2.95. The molecule has 1 aromatic heterocycles. The van der Waals surface area contributed by atoms with Crippen molar-refractivity contribution in [2.24, 2.45) is 0 Å². The first-order valence-corrected chi connectivity index (χ1v) is 5.85. The highest BCUT2D eigenvalue weighted by Crippen LogP contribution is 2.23. The van der Waals surface area contributed by atoms with E-state index in [4.69, 9.17) is 22.1 Å². The minimum Gasteiger partial charge on any atom is -0.481 e. The number of carbonyl (C=O) groups excluding carboxylic acids is 1. The number of anilines is 2. The van der Waals surface area contributed by atoms with Crippen LogP contribution in [0.3, 0.4) is 0 Å². The van der Waals surface area contributed by atoms with Gasteiger partial charge in [0, 0.05) is 11.8 Å². The Bertz CT molecular complexity index is 579. The summed E-state index contributed by atoms with van der Waals surface area (Å²) in [6.45, 7) is 0. The van der Waals surface area contributed by atoms with E-state index in [1.165, 1.54) is 13.3 Å². The number of hydrogen-bond donors (Lipinski definition) is 2. The molecule has 0 unspecified atom stereocenters. The lowest BCUT2D eigenvalue weighted by atomic mass is 10.1. The SMILES string of the molecule is COc1ccc(NC(=O)c2c(N)cccc2Cl)cn1. The molecule has 1 aromatic carbocycles. The molecule has 2 rings (SSSR count). The number of amides is 1. The van der Waals surface area contributed by atoms with E-state index in [9.17, 15) is 4.79 Å². The molecule has 0 fully saturated rings. The summed E-state index contributed by atoms with van der Waals surface area (Å²) in [6, 6.07) is 8.23. The topological polar surface area (TPSA) is 77.2 Å². The van der Waals surface area contributed by atoms with Crippen LogP contribution >= 0.6 is 11.6 Å². The molecule has 1 amide bonds. The second-order valence-corrected chi connectivity index (χ2v) is 4.15. The number of rotatable bonds is 3. The second-order valence-electron chi connectivity index (χ2n) is 3.75. The molecule has 2 aromatic rings. The van der Waals surface area contributed by atoms with Crippen molar-refractivity contribution in [3.05, 3.63) is 47.1 Å². The molecular weight excluding hydrogens is 266 g/mol. The van der Waals surface area contributed by atoms with Crippen molar-refractivity contribution in [3.63, 3.8) is 0 Å². The number of nitrogen functional groups attached to an aromatic ring is 1. The van der Waals surface area contributed by atoms with Gasteiger partial charge in [0.25, 0.3) is 5.91 Å². The Morgan fingerprint density at radius 1 is 1.37 bits per heavy atom. The van der Waals surface area contributed by atoms with Crippen LogP contribution in [0.1, 0.15) is 10.4 Å². The van der Waals surface area contributed by atoms with Gasteiger partial charge in [0.1, 0.15) is 0 Å². The molecule has 6 heteroatoms. The van der Waals surface area contributed by atoms with E-state index < -0.39 is 0 Å². The predicted octanol–water partition coefficient (Wildman–Crippen LogP) is 2.58. The number of benzene rings is 1. The van der Waals surface area contributed by atoms with Crippen molar-refractivity contribution in [1.82, 2.24) is 4.98 Å². The van der Waals surface area contributed by atoms with Gasteiger partial charge in [-0.3, -0.25) is 4.79 Å². The summed E-state index contributed by atoms with van der Waals surface area (Å²) in [7, 11) is 1.52. The fourth-order valence-corrected chi connectivity index (χ4v) is 1.82. The molecule has 3 N–H and O–H groups in total. The normalized spacial score (nSPS) is 10.0. The van der Waals surface area contributed by atoms with Crippen LogP contribution in [0.5, 0.6) is 5.88 Å². The molecule has 0 bridgehead atoms. The van der Waals surface area contributed by atoms with Crippen molar-refractivity contribution in [2.45, 2.75) is 0 Å².